The fraction of sp³-hybridized carbons (Fsp3) is 0.429. The summed E-state index contributed by atoms with van der Waals surface area (Å²) in [6, 6.07) is 0. The molecule has 8 heteroatoms. The normalized spacial score (nSPS) is 9.87. The van der Waals surface area contributed by atoms with E-state index in [9.17, 15) is 13.6 Å². The number of carbonyl (C=O) groups excluding carboxylic acids is 1. The summed E-state index contributed by atoms with van der Waals surface area (Å²) in [5, 5.41) is 6.02. The molecule has 0 aliphatic heterocycles. The zero-order valence-corrected chi connectivity index (χ0v) is 8.51. The maximum absolute atomic E-state index is 11.9. The van der Waals surface area contributed by atoms with E-state index in [-0.39, 0.29) is 24.9 Å². The van der Waals surface area contributed by atoms with Crippen LogP contribution in [0, 0.1) is 0 Å². The van der Waals surface area contributed by atoms with Gasteiger partial charge in [-0.1, -0.05) is 0 Å². The Morgan fingerprint density at radius 3 is 2.87 bits per heavy atom. The summed E-state index contributed by atoms with van der Waals surface area (Å²) >= 11 is 0. The van der Waals surface area contributed by atoms with Crippen molar-refractivity contribution in [3.8, 4) is 0 Å². The summed E-state index contributed by atoms with van der Waals surface area (Å²) in [7, 11) is 0. The Morgan fingerprint density at radius 1 is 1.67 bits per heavy atom. The highest BCUT2D eigenvalue weighted by atomic mass is 35.5. The predicted octanol–water partition coefficient (Wildman–Crippen LogP) is 0.467. The Kier molecular flexibility index (Phi) is 5.80. The van der Waals surface area contributed by atoms with Gasteiger partial charge in [-0.3, -0.25) is 9.48 Å². The number of nitrogens with one attached hydrogen (secondary N) is 1. The molecule has 1 rings (SSSR count). The van der Waals surface area contributed by atoms with Gasteiger partial charge in [0.25, 0.3) is 6.43 Å². The van der Waals surface area contributed by atoms with Crippen molar-refractivity contribution in [3.05, 3.63) is 12.4 Å². The smallest absolute Gasteiger partial charge is 0.257 e. The minimum atomic E-state index is -2.46. The molecule has 1 amide bonds. The van der Waals surface area contributed by atoms with Crippen molar-refractivity contribution in [3.63, 3.8) is 0 Å². The van der Waals surface area contributed by atoms with Crippen LogP contribution in [0.15, 0.2) is 12.4 Å². The van der Waals surface area contributed by atoms with Crippen LogP contribution in [0.3, 0.4) is 0 Å². The van der Waals surface area contributed by atoms with Crippen molar-refractivity contribution in [1.82, 2.24) is 9.78 Å². The van der Waals surface area contributed by atoms with Crippen LogP contribution in [-0.4, -0.2) is 28.7 Å². The van der Waals surface area contributed by atoms with Crippen LogP contribution >= 0.6 is 12.4 Å². The Morgan fingerprint density at radius 2 is 2.33 bits per heavy atom. The van der Waals surface area contributed by atoms with Gasteiger partial charge in [-0.2, -0.15) is 5.10 Å². The van der Waals surface area contributed by atoms with Crippen LogP contribution in [0.25, 0.3) is 0 Å². The van der Waals surface area contributed by atoms with Crippen LogP contribution in [-0.2, 0) is 11.3 Å². The molecule has 0 radical (unpaired) electrons. The molecule has 1 aromatic heterocycles. The fourth-order valence-corrected chi connectivity index (χ4v) is 0.881. The molecule has 1 aromatic rings. The first kappa shape index (κ1) is 13.8. The van der Waals surface area contributed by atoms with Crippen molar-refractivity contribution < 1.29 is 13.6 Å². The summed E-state index contributed by atoms with van der Waals surface area (Å²) in [6.07, 6.45) is 0.142. The third-order valence-corrected chi connectivity index (χ3v) is 1.43. The lowest BCUT2D eigenvalue weighted by molar-refractivity contribution is -0.114. The molecular formula is C7H11ClF2N4O. The summed E-state index contributed by atoms with van der Waals surface area (Å²) in [5.74, 6) is -0.387. The van der Waals surface area contributed by atoms with Gasteiger partial charge in [0.05, 0.1) is 18.4 Å². The van der Waals surface area contributed by atoms with Gasteiger partial charge in [-0.05, 0) is 0 Å². The van der Waals surface area contributed by atoms with Crippen molar-refractivity contribution in [2.75, 3.05) is 11.9 Å². The molecule has 86 valence electrons. The van der Waals surface area contributed by atoms with E-state index >= 15 is 0 Å². The monoisotopic (exact) mass is 240 g/mol. The molecule has 3 N–H and O–H groups in total. The number of anilines is 1. The van der Waals surface area contributed by atoms with Crippen molar-refractivity contribution in [2.45, 2.75) is 13.0 Å². The summed E-state index contributed by atoms with van der Waals surface area (Å²) in [6.45, 7) is -0.640. The minimum absolute atomic E-state index is 0. The molecule has 0 unspecified atom stereocenters. The van der Waals surface area contributed by atoms with Gasteiger partial charge in [-0.25, -0.2) is 8.78 Å². The van der Waals surface area contributed by atoms with Crippen LogP contribution in [0.2, 0.25) is 0 Å². The first-order chi connectivity index (χ1) is 6.61. The van der Waals surface area contributed by atoms with Crippen molar-refractivity contribution in [2.24, 2.45) is 5.73 Å². The zero-order chi connectivity index (χ0) is 10.6. The highest BCUT2D eigenvalue weighted by molar-refractivity contribution is 5.91. The van der Waals surface area contributed by atoms with E-state index in [2.05, 4.69) is 10.4 Å². The van der Waals surface area contributed by atoms with E-state index in [0.717, 1.165) is 4.68 Å². The molecule has 0 aliphatic rings. The Bertz CT molecular complexity index is 318. The van der Waals surface area contributed by atoms with E-state index in [4.69, 9.17) is 5.73 Å². The highest BCUT2D eigenvalue weighted by Crippen LogP contribution is 2.06. The number of hydrogen-bond acceptors (Lipinski definition) is 3. The lowest BCUT2D eigenvalue weighted by atomic mass is 10.5. The number of alkyl halides is 2. The molecule has 0 spiro atoms. The topological polar surface area (TPSA) is 72.9 Å². The van der Waals surface area contributed by atoms with Gasteiger partial charge in [0.2, 0.25) is 5.91 Å². The van der Waals surface area contributed by atoms with Crippen LogP contribution < -0.4 is 11.1 Å². The van der Waals surface area contributed by atoms with Crippen molar-refractivity contribution >= 4 is 24.0 Å². The largest absolute Gasteiger partial charge is 0.322 e. The summed E-state index contributed by atoms with van der Waals surface area (Å²) in [5.41, 5.74) is 5.41. The molecule has 0 atom stereocenters. The van der Waals surface area contributed by atoms with Gasteiger partial charge in [0, 0.05) is 6.20 Å². The van der Waals surface area contributed by atoms with Crippen LogP contribution in [0.4, 0.5) is 14.5 Å². The average molecular weight is 241 g/mol. The quantitative estimate of drug-likeness (QED) is 0.803. The second-order valence-electron chi connectivity index (χ2n) is 2.59. The molecule has 0 aliphatic carbocycles. The molecule has 0 fully saturated rings. The Hall–Kier alpha value is -1.21. The SMILES string of the molecule is Cl.NCC(=O)Nc1cnn(CC(F)F)c1. The summed E-state index contributed by atoms with van der Waals surface area (Å²) < 4.78 is 24.8. The minimum Gasteiger partial charge on any atom is -0.322 e. The van der Waals surface area contributed by atoms with E-state index in [1.165, 1.54) is 12.4 Å². The van der Waals surface area contributed by atoms with Crippen molar-refractivity contribution in [1.29, 1.82) is 0 Å². The Balaban J connectivity index is 0.00000196. The Labute approximate surface area is 91.0 Å². The average Bonchev–Trinajstić information content (AvgIpc) is 2.51. The molecule has 5 nitrogen and oxygen atoms in total. The second kappa shape index (κ2) is 6.31. The van der Waals surface area contributed by atoms with Crippen LogP contribution in [0.1, 0.15) is 0 Å². The highest BCUT2D eigenvalue weighted by Gasteiger charge is 2.06. The second-order valence-corrected chi connectivity index (χ2v) is 2.59. The van der Waals surface area contributed by atoms with Gasteiger partial charge in [0.1, 0.15) is 6.54 Å². The number of halogens is 3. The number of nitrogens with zero attached hydrogens (tertiary/aromatic N) is 2. The fourth-order valence-electron chi connectivity index (χ4n) is 0.881. The maximum Gasteiger partial charge on any atom is 0.257 e. The first-order valence-corrected chi connectivity index (χ1v) is 3.92. The molecule has 0 saturated carbocycles. The number of amides is 1. The van der Waals surface area contributed by atoms with E-state index < -0.39 is 13.0 Å². The van der Waals surface area contributed by atoms with Gasteiger partial charge in [-0.15, -0.1) is 12.4 Å². The van der Waals surface area contributed by atoms with Gasteiger partial charge in [0.15, 0.2) is 0 Å². The van der Waals surface area contributed by atoms with Gasteiger partial charge < -0.3 is 11.1 Å². The maximum atomic E-state index is 11.9. The third-order valence-electron chi connectivity index (χ3n) is 1.43. The number of aromatic nitrogens is 2. The molecule has 0 bridgehead atoms. The van der Waals surface area contributed by atoms with E-state index in [0.29, 0.717) is 5.69 Å². The van der Waals surface area contributed by atoms with E-state index in [1.54, 1.807) is 0 Å². The third kappa shape index (κ3) is 4.71. The predicted molar refractivity (Wildman–Crippen MR) is 53.2 cm³/mol. The molecule has 15 heavy (non-hydrogen) atoms. The first-order valence-electron chi connectivity index (χ1n) is 3.92. The molecule has 1 heterocycles. The zero-order valence-electron chi connectivity index (χ0n) is 7.69. The van der Waals surface area contributed by atoms with Crippen LogP contribution in [0.5, 0.6) is 0 Å². The van der Waals surface area contributed by atoms with Gasteiger partial charge >= 0.3 is 0 Å². The number of hydrogen-bond donors (Lipinski definition) is 2. The summed E-state index contributed by atoms with van der Waals surface area (Å²) in [4.78, 5) is 10.8. The number of rotatable bonds is 4. The lowest BCUT2D eigenvalue weighted by Gasteiger charge is -1.99. The number of nitrogens with two attached hydrogens (primary N) is 1. The molecule has 0 saturated heterocycles. The molecular weight excluding hydrogens is 230 g/mol. The standard InChI is InChI=1S/C7H10F2N4O.ClH/c8-6(9)4-13-3-5(2-11-13)12-7(14)1-10;/h2-3,6H,1,4,10H2,(H,12,14);1H. The van der Waals surface area contributed by atoms with E-state index in [1.807, 2.05) is 0 Å². The molecule has 0 aromatic carbocycles. The number of carbonyl (C=O) groups is 1. The lowest BCUT2D eigenvalue weighted by Crippen LogP contribution is -2.21.